The number of carbonyl (C=O) groups is 2. The van der Waals surface area contributed by atoms with Crippen molar-refractivity contribution in [2.75, 3.05) is 68.1 Å². The van der Waals surface area contributed by atoms with Gasteiger partial charge in [-0.3, -0.25) is 9.59 Å². The summed E-state index contributed by atoms with van der Waals surface area (Å²) in [7, 11) is 1.70. The molecule has 0 spiro atoms. The van der Waals surface area contributed by atoms with Gasteiger partial charge < -0.3 is 29.5 Å². The Morgan fingerprint density at radius 2 is 1.44 bits per heavy atom. The Morgan fingerprint density at radius 1 is 0.769 bits per heavy atom. The standard InChI is InChI=1S/C31H36N4O4/c1-38-29-13-7-6-12-28(29)34-20-18-33(19-21-34)27-15-14-24(22-26(27)31(37)35-16-8-3-9-17-35)32-30(36)23-39-25-10-4-2-5-11-25/h2,4-7,10-15,22H,3,8-9,16-21,23H2,1H3,(H,32,36). The van der Waals surface area contributed by atoms with E-state index >= 15 is 0 Å². The number of carbonyl (C=O) groups excluding carboxylic acids is 2. The Kier molecular flexibility index (Phi) is 8.51. The van der Waals surface area contributed by atoms with Crippen LogP contribution in [0.5, 0.6) is 11.5 Å². The zero-order chi connectivity index (χ0) is 27.0. The van der Waals surface area contributed by atoms with Crippen LogP contribution in [-0.4, -0.2) is 69.7 Å². The first-order chi connectivity index (χ1) is 19.1. The van der Waals surface area contributed by atoms with Gasteiger partial charge in [0.2, 0.25) is 0 Å². The van der Waals surface area contributed by atoms with Crippen LogP contribution in [0, 0.1) is 0 Å². The summed E-state index contributed by atoms with van der Waals surface area (Å²) in [6, 6.07) is 23.0. The molecule has 2 aliphatic rings. The maximum absolute atomic E-state index is 13.7. The second-order valence-corrected chi connectivity index (χ2v) is 9.88. The van der Waals surface area contributed by atoms with Crippen LogP contribution in [-0.2, 0) is 4.79 Å². The van der Waals surface area contributed by atoms with Crippen molar-refractivity contribution in [3.8, 4) is 11.5 Å². The minimum atomic E-state index is -0.270. The summed E-state index contributed by atoms with van der Waals surface area (Å²) in [5.74, 6) is 1.25. The second-order valence-electron chi connectivity index (χ2n) is 9.88. The van der Waals surface area contributed by atoms with Crippen LogP contribution in [0.1, 0.15) is 29.6 Å². The molecular formula is C31H36N4O4. The Balaban J connectivity index is 1.32. The second kappa shape index (κ2) is 12.6. The third kappa shape index (κ3) is 6.45. The summed E-state index contributed by atoms with van der Waals surface area (Å²) in [4.78, 5) is 32.9. The van der Waals surface area contributed by atoms with E-state index in [-0.39, 0.29) is 18.4 Å². The molecule has 8 heteroatoms. The third-order valence-electron chi connectivity index (χ3n) is 7.31. The first-order valence-corrected chi connectivity index (χ1v) is 13.7. The van der Waals surface area contributed by atoms with Crippen molar-refractivity contribution < 1.29 is 19.1 Å². The summed E-state index contributed by atoms with van der Waals surface area (Å²) < 4.78 is 11.2. The monoisotopic (exact) mass is 528 g/mol. The van der Waals surface area contributed by atoms with Crippen molar-refractivity contribution in [2.24, 2.45) is 0 Å². The summed E-state index contributed by atoms with van der Waals surface area (Å²) >= 11 is 0. The molecule has 3 aromatic rings. The molecule has 2 heterocycles. The lowest BCUT2D eigenvalue weighted by Crippen LogP contribution is -2.47. The lowest BCUT2D eigenvalue weighted by molar-refractivity contribution is -0.118. The quantitative estimate of drug-likeness (QED) is 0.458. The van der Waals surface area contributed by atoms with Crippen LogP contribution in [0.15, 0.2) is 72.8 Å². The smallest absolute Gasteiger partial charge is 0.262 e. The Labute approximate surface area is 230 Å². The molecule has 1 N–H and O–H groups in total. The molecule has 8 nitrogen and oxygen atoms in total. The van der Waals surface area contributed by atoms with Gasteiger partial charge in [0.15, 0.2) is 6.61 Å². The molecule has 0 aliphatic carbocycles. The van der Waals surface area contributed by atoms with Crippen molar-refractivity contribution in [3.05, 3.63) is 78.4 Å². The van der Waals surface area contributed by atoms with Crippen LogP contribution in [0.2, 0.25) is 0 Å². The zero-order valence-electron chi connectivity index (χ0n) is 22.5. The van der Waals surface area contributed by atoms with E-state index in [0.29, 0.717) is 17.0 Å². The van der Waals surface area contributed by atoms with Crippen LogP contribution in [0.3, 0.4) is 0 Å². The molecule has 2 aliphatic heterocycles. The van der Waals surface area contributed by atoms with Gasteiger partial charge in [0.25, 0.3) is 11.8 Å². The number of hydrogen-bond acceptors (Lipinski definition) is 6. The number of nitrogens with zero attached hydrogens (tertiary/aromatic N) is 3. The number of amides is 2. The van der Waals surface area contributed by atoms with E-state index in [9.17, 15) is 9.59 Å². The predicted molar refractivity (Wildman–Crippen MR) is 154 cm³/mol. The van der Waals surface area contributed by atoms with Crippen LogP contribution >= 0.6 is 0 Å². The number of hydrogen-bond donors (Lipinski definition) is 1. The first-order valence-electron chi connectivity index (χ1n) is 13.7. The minimum Gasteiger partial charge on any atom is -0.495 e. The fourth-order valence-electron chi connectivity index (χ4n) is 5.27. The molecule has 0 unspecified atom stereocenters. The average molecular weight is 529 g/mol. The molecule has 0 aromatic heterocycles. The van der Waals surface area contributed by atoms with E-state index < -0.39 is 0 Å². The van der Waals surface area contributed by atoms with Crippen LogP contribution in [0.4, 0.5) is 17.1 Å². The number of anilines is 3. The predicted octanol–water partition coefficient (Wildman–Crippen LogP) is 4.67. The molecule has 0 radical (unpaired) electrons. The number of likely N-dealkylation sites (tertiary alicyclic amines) is 1. The van der Waals surface area contributed by atoms with Crippen molar-refractivity contribution >= 4 is 28.9 Å². The molecule has 0 bridgehead atoms. The molecular weight excluding hydrogens is 492 g/mol. The molecule has 3 aromatic carbocycles. The van der Waals surface area contributed by atoms with Gasteiger partial charge >= 0.3 is 0 Å². The summed E-state index contributed by atoms with van der Waals surface area (Å²) in [5.41, 5.74) is 3.21. The van der Waals surface area contributed by atoms with Crippen LogP contribution < -0.4 is 24.6 Å². The molecule has 0 atom stereocenters. The van der Waals surface area contributed by atoms with Crippen LogP contribution in [0.25, 0.3) is 0 Å². The summed E-state index contributed by atoms with van der Waals surface area (Å²) in [6.45, 7) is 4.60. The molecule has 5 rings (SSSR count). The number of piperidine rings is 1. The van der Waals surface area contributed by atoms with Crippen molar-refractivity contribution in [1.82, 2.24) is 4.90 Å². The number of benzene rings is 3. The van der Waals surface area contributed by atoms with Crippen molar-refractivity contribution in [2.45, 2.75) is 19.3 Å². The molecule has 0 saturated carbocycles. The van der Waals surface area contributed by atoms with E-state index in [4.69, 9.17) is 9.47 Å². The van der Waals surface area contributed by atoms with Crippen molar-refractivity contribution in [3.63, 3.8) is 0 Å². The fraction of sp³-hybridized carbons (Fsp3) is 0.355. The number of nitrogens with one attached hydrogen (secondary N) is 1. The molecule has 204 valence electrons. The molecule has 39 heavy (non-hydrogen) atoms. The Bertz CT molecular complexity index is 1270. The zero-order valence-corrected chi connectivity index (χ0v) is 22.5. The van der Waals surface area contributed by atoms with Gasteiger partial charge in [-0.2, -0.15) is 0 Å². The van der Waals surface area contributed by atoms with Gasteiger partial charge in [0, 0.05) is 50.6 Å². The lowest BCUT2D eigenvalue weighted by atomic mass is 10.1. The summed E-state index contributed by atoms with van der Waals surface area (Å²) in [5, 5.41) is 2.91. The van der Waals surface area contributed by atoms with Gasteiger partial charge in [-0.25, -0.2) is 0 Å². The topological polar surface area (TPSA) is 74.4 Å². The largest absolute Gasteiger partial charge is 0.495 e. The lowest BCUT2D eigenvalue weighted by Gasteiger charge is -2.39. The fourth-order valence-corrected chi connectivity index (χ4v) is 5.27. The highest BCUT2D eigenvalue weighted by atomic mass is 16.5. The highest BCUT2D eigenvalue weighted by molar-refractivity contribution is 6.02. The average Bonchev–Trinajstić information content (AvgIpc) is 3.00. The number of piperazine rings is 1. The number of rotatable bonds is 8. The van der Waals surface area contributed by atoms with E-state index in [0.717, 1.165) is 75.7 Å². The van der Waals surface area contributed by atoms with Gasteiger partial charge in [0.1, 0.15) is 11.5 Å². The van der Waals surface area contributed by atoms with E-state index in [1.165, 1.54) is 0 Å². The number of methoxy groups -OCH3 is 1. The van der Waals surface area contributed by atoms with Gasteiger partial charge in [-0.15, -0.1) is 0 Å². The first kappa shape index (κ1) is 26.4. The Hall–Kier alpha value is -4.20. The van der Waals surface area contributed by atoms with E-state index in [1.54, 1.807) is 7.11 Å². The maximum atomic E-state index is 13.7. The molecule has 2 fully saturated rings. The number of ether oxygens (including phenoxy) is 2. The maximum Gasteiger partial charge on any atom is 0.262 e. The normalized spacial score (nSPS) is 15.6. The Morgan fingerprint density at radius 3 is 2.15 bits per heavy atom. The molecule has 2 saturated heterocycles. The highest BCUT2D eigenvalue weighted by Crippen LogP contribution is 2.32. The number of para-hydroxylation sites is 3. The van der Waals surface area contributed by atoms with Crippen molar-refractivity contribution in [1.29, 1.82) is 0 Å². The van der Waals surface area contributed by atoms with Gasteiger partial charge in [0.05, 0.1) is 18.4 Å². The third-order valence-corrected chi connectivity index (χ3v) is 7.31. The minimum absolute atomic E-state index is 0.0218. The highest BCUT2D eigenvalue weighted by Gasteiger charge is 2.26. The SMILES string of the molecule is COc1ccccc1N1CCN(c2ccc(NC(=O)COc3ccccc3)cc2C(=O)N2CCCCC2)CC1. The molecule has 2 amide bonds. The van der Waals surface area contributed by atoms with E-state index in [1.807, 2.05) is 71.6 Å². The van der Waals surface area contributed by atoms with E-state index in [2.05, 4.69) is 21.2 Å². The van der Waals surface area contributed by atoms with Gasteiger partial charge in [-0.1, -0.05) is 30.3 Å². The van der Waals surface area contributed by atoms with Gasteiger partial charge in [-0.05, 0) is 61.7 Å². The summed E-state index contributed by atoms with van der Waals surface area (Å²) in [6.07, 6.45) is 3.19.